The van der Waals surface area contributed by atoms with Crippen molar-refractivity contribution in [1.82, 2.24) is 34.8 Å². The SMILES string of the molecule is CC(C)n1nc(C2(CCNCC(=O)N3CCCC3C#N)c3ccc(C(=O)N(C)C)cc3CCc3cc(C(=O)N(C)C)ccc32)[nH]c1=O. The highest BCUT2D eigenvalue weighted by Gasteiger charge is 2.44. The highest BCUT2D eigenvalue weighted by molar-refractivity contribution is 5.95. The molecule has 0 bridgehead atoms. The minimum atomic E-state index is -0.987. The Balaban J connectivity index is 1.66. The molecule has 0 spiro atoms. The Bertz CT molecular complexity index is 1710. The van der Waals surface area contributed by atoms with Gasteiger partial charge in [-0.3, -0.25) is 19.4 Å². The van der Waals surface area contributed by atoms with Crippen LogP contribution in [-0.2, 0) is 23.1 Å². The van der Waals surface area contributed by atoms with Crippen LogP contribution in [0.1, 0.15) is 87.9 Å². The van der Waals surface area contributed by atoms with E-state index >= 15 is 0 Å². The quantitative estimate of drug-likeness (QED) is 0.342. The lowest BCUT2D eigenvalue weighted by Crippen LogP contribution is -2.42. The fraction of sp³-hybridized carbons (Fsp3) is 0.486. The minimum Gasteiger partial charge on any atom is -0.345 e. The number of carbonyl (C=O) groups is 3. The Morgan fingerprint density at radius 3 is 2.09 bits per heavy atom. The Labute approximate surface area is 275 Å². The van der Waals surface area contributed by atoms with Crippen LogP contribution in [0.5, 0.6) is 0 Å². The average molecular weight is 641 g/mol. The number of nitrogens with one attached hydrogen (secondary N) is 2. The number of amides is 3. The number of H-pyrrole nitrogens is 1. The van der Waals surface area contributed by atoms with Crippen molar-refractivity contribution in [3.05, 3.63) is 86.1 Å². The molecule has 2 N–H and O–H groups in total. The number of aromatic nitrogens is 3. The summed E-state index contributed by atoms with van der Waals surface area (Å²) in [6.45, 7) is 4.80. The van der Waals surface area contributed by atoms with Crippen molar-refractivity contribution in [3.63, 3.8) is 0 Å². The number of hydrogen-bond acceptors (Lipinski definition) is 7. The standard InChI is InChI=1S/C35H44N8O4/c1-22(2)43-34(47)38-33(39-43)35(15-16-37-21-30(44)42-17-7-8-27(42)20-36)28-13-11-25(31(45)40(3)4)18-23(28)9-10-24-19-26(12-14-29(24)35)32(46)41(5)6/h11-14,18-19,22,27,37H,7-10,15-17,21H2,1-6H3,(H,38,39,47). The van der Waals surface area contributed by atoms with Crippen LogP contribution >= 0.6 is 0 Å². The summed E-state index contributed by atoms with van der Waals surface area (Å²) in [5.74, 6) is 0.0979. The Morgan fingerprint density at radius 2 is 1.60 bits per heavy atom. The zero-order valence-electron chi connectivity index (χ0n) is 28.1. The summed E-state index contributed by atoms with van der Waals surface area (Å²) in [5, 5.41) is 17.7. The number of benzene rings is 2. The van der Waals surface area contributed by atoms with Crippen molar-refractivity contribution >= 4 is 17.7 Å². The fourth-order valence-corrected chi connectivity index (χ4v) is 6.92. The molecular weight excluding hydrogens is 596 g/mol. The topological polar surface area (TPSA) is 147 Å². The third-order valence-electron chi connectivity index (χ3n) is 9.31. The first-order chi connectivity index (χ1) is 22.4. The molecule has 47 heavy (non-hydrogen) atoms. The maximum Gasteiger partial charge on any atom is 0.343 e. The fourth-order valence-electron chi connectivity index (χ4n) is 6.92. The van der Waals surface area contributed by atoms with E-state index in [0.29, 0.717) is 55.7 Å². The van der Waals surface area contributed by atoms with Gasteiger partial charge in [-0.1, -0.05) is 12.1 Å². The van der Waals surface area contributed by atoms with Crippen LogP contribution in [0, 0.1) is 11.3 Å². The van der Waals surface area contributed by atoms with Gasteiger partial charge in [-0.05, 0) is 99.0 Å². The van der Waals surface area contributed by atoms with Gasteiger partial charge in [0, 0.05) is 45.9 Å². The van der Waals surface area contributed by atoms with Gasteiger partial charge in [0.1, 0.15) is 11.9 Å². The summed E-state index contributed by atoms with van der Waals surface area (Å²) >= 11 is 0. The lowest BCUT2D eigenvalue weighted by molar-refractivity contribution is -0.130. The van der Waals surface area contributed by atoms with Gasteiger partial charge in [0.05, 0.1) is 24.1 Å². The van der Waals surface area contributed by atoms with E-state index in [9.17, 15) is 24.4 Å². The van der Waals surface area contributed by atoms with Gasteiger partial charge in [0.2, 0.25) is 5.91 Å². The first-order valence-electron chi connectivity index (χ1n) is 16.2. The Morgan fingerprint density at radius 1 is 1.02 bits per heavy atom. The lowest BCUT2D eigenvalue weighted by Gasteiger charge is -2.35. The molecule has 3 amide bonds. The molecule has 3 aromatic rings. The number of aryl methyl sites for hydroxylation is 2. The number of nitrogens with zero attached hydrogens (tertiary/aromatic N) is 6. The van der Waals surface area contributed by atoms with Crippen LogP contribution in [0.4, 0.5) is 0 Å². The minimum absolute atomic E-state index is 0.0669. The second kappa shape index (κ2) is 13.5. The third-order valence-corrected chi connectivity index (χ3v) is 9.31. The summed E-state index contributed by atoms with van der Waals surface area (Å²) in [6, 6.07) is 13.0. The van der Waals surface area contributed by atoms with Gasteiger partial charge in [0.25, 0.3) is 11.8 Å². The summed E-state index contributed by atoms with van der Waals surface area (Å²) in [5.41, 5.74) is 3.48. The predicted octanol–water partition coefficient (Wildman–Crippen LogP) is 2.48. The molecular formula is C35H44N8O4. The maximum atomic E-state index is 13.3. The molecule has 248 valence electrons. The van der Waals surface area contributed by atoms with Gasteiger partial charge in [-0.2, -0.15) is 10.4 Å². The van der Waals surface area contributed by atoms with Crippen molar-refractivity contribution in [1.29, 1.82) is 5.26 Å². The molecule has 5 rings (SSSR count). The number of hydrogen-bond donors (Lipinski definition) is 2. The molecule has 2 aromatic carbocycles. The van der Waals surface area contributed by atoms with Gasteiger partial charge < -0.3 is 20.0 Å². The van der Waals surface area contributed by atoms with E-state index in [1.165, 1.54) is 4.68 Å². The average Bonchev–Trinajstić information content (AvgIpc) is 3.67. The van der Waals surface area contributed by atoms with Crippen LogP contribution in [0.15, 0.2) is 41.2 Å². The number of rotatable bonds is 9. The normalized spacial score (nSPS) is 16.6. The maximum absolute atomic E-state index is 13.3. The largest absolute Gasteiger partial charge is 0.345 e. The second-order valence-corrected chi connectivity index (χ2v) is 13.2. The summed E-state index contributed by atoms with van der Waals surface area (Å²) < 4.78 is 1.43. The van der Waals surface area contributed by atoms with Crippen molar-refractivity contribution in [3.8, 4) is 6.07 Å². The van der Waals surface area contributed by atoms with E-state index < -0.39 is 11.5 Å². The molecule has 1 aliphatic heterocycles. The molecule has 1 atom stereocenters. The molecule has 1 saturated heterocycles. The van der Waals surface area contributed by atoms with Gasteiger partial charge in [0.15, 0.2) is 0 Å². The van der Waals surface area contributed by atoms with Gasteiger partial charge in [-0.15, -0.1) is 0 Å². The Kier molecular flexibility index (Phi) is 9.68. The van der Waals surface area contributed by atoms with Crippen molar-refractivity contribution in [2.75, 3.05) is 47.8 Å². The molecule has 12 heteroatoms. The summed E-state index contributed by atoms with van der Waals surface area (Å²) in [7, 11) is 6.87. The van der Waals surface area contributed by atoms with Crippen LogP contribution in [0.2, 0.25) is 0 Å². The molecule has 1 aromatic heterocycles. The van der Waals surface area contributed by atoms with Crippen molar-refractivity contribution in [2.24, 2.45) is 0 Å². The van der Waals surface area contributed by atoms with E-state index in [4.69, 9.17) is 5.10 Å². The number of likely N-dealkylation sites (tertiary alicyclic amines) is 1. The van der Waals surface area contributed by atoms with E-state index in [2.05, 4.69) is 16.4 Å². The second-order valence-electron chi connectivity index (χ2n) is 13.2. The van der Waals surface area contributed by atoms with Crippen LogP contribution in [-0.4, -0.2) is 101 Å². The number of aromatic amines is 1. The number of carbonyl (C=O) groups excluding carboxylic acids is 3. The molecule has 0 saturated carbocycles. The van der Waals surface area contributed by atoms with Crippen LogP contribution in [0.25, 0.3) is 0 Å². The monoisotopic (exact) mass is 640 g/mol. The lowest BCUT2D eigenvalue weighted by atomic mass is 9.69. The van der Waals surface area contributed by atoms with E-state index in [1.807, 2.05) is 50.2 Å². The van der Waals surface area contributed by atoms with E-state index in [1.54, 1.807) is 42.9 Å². The van der Waals surface area contributed by atoms with E-state index in [0.717, 1.165) is 28.7 Å². The smallest absolute Gasteiger partial charge is 0.343 e. The number of fused-ring (bicyclic) bond motifs is 2. The molecule has 1 aliphatic carbocycles. The molecule has 2 aliphatic rings. The van der Waals surface area contributed by atoms with E-state index in [-0.39, 0.29) is 36.0 Å². The van der Waals surface area contributed by atoms with Crippen molar-refractivity contribution < 1.29 is 14.4 Å². The Hall–Kier alpha value is -4.76. The highest BCUT2D eigenvalue weighted by Crippen LogP contribution is 2.46. The molecule has 2 heterocycles. The zero-order chi connectivity index (χ0) is 34.0. The molecule has 0 radical (unpaired) electrons. The number of nitriles is 1. The zero-order valence-corrected chi connectivity index (χ0v) is 28.1. The molecule has 1 unspecified atom stereocenters. The predicted molar refractivity (Wildman–Crippen MR) is 177 cm³/mol. The first-order valence-corrected chi connectivity index (χ1v) is 16.2. The van der Waals surface area contributed by atoms with Crippen LogP contribution < -0.4 is 11.0 Å². The molecule has 1 fully saturated rings. The summed E-state index contributed by atoms with van der Waals surface area (Å²) in [4.78, 5) is 60.3. The van der Waals surface area contributed by atoms with Gasteiger partial charge >= 0.3 is 5.69 Å². The highest BCUT2D eigenvalue weighted by atomic mass is 16.2. The van der Waals surface area contributed by atoms with Gasteiger partial charge in [-0.25, -0.2) is 9.48 Å². The summed E-state index contributed by atoms with van der Waals surface area (Å²) in [6.07, 6.45) is 3.10. The van der Waals surface area contributed by atoms with Crippen molar-refractivity contribution in [2.45, 2.75) is 63.5 Å². The van der Waals surface area contributed by atoms with Crippen LogP contribution in [0.3, 0.4) is 0 Å². The molecule has 12 nitrogen and oxygen atoms in total. The third kappa shape index (κ3) is 6.32. The first kappa shape index (κ1) is 33.6.